The summed E-state index contributed by atoms with van der Waals surface area (Å²) < 4.78 is 15.7. The Labute approximate surface area is 93.1 Å². The Hall–Kier alpha value is -1.75. The van der Waals surface area contributed by atoms with Crippen LogP contribution in [0.4, 0.5) is 0 Å². The van der Waals surface area contributed by atoms with Crippen molar-refractivity contribution in [3.05, 3.63) is 23.8 Å². The second-order valence-corrected chi connectivity index (χ2v) is 3.54. The number of nitrogens with two attached hydrogens (primary N) is 1. The molecule has 0 aliphatic carbocycles. The Kier molecular flexibility index (Phi) is 2.96. The van der Waals surface area contributed by atoms with Crippen molar-refractivity contribution < 1.29 is 19.0 Å². The molecule has 2 N–H and O–H groups in total. The Balaban J connectivity index is 1.98. The van der Waals surface area contributed by atoms with Crippen LogP contribution in [0.2, 0.25) is 0 Å². The molecule has 2 rings (SSSR count). The quantitative estimate of drug-likeness (QED) is 0.819. The first-order valence-electron chi connectivity index (χ1n) is 4.96. The molecule has 0 fully saturated rings. The summed E-state index contributed by atoms with van der Waals surface area (Å²) in [4.78, 5) is 10.8. The van der Waals surface area contributed by atoms with Crippen molar-refractivity contribution in [1.82, 2.24) is 0 Å². The molecule has 1 unspecified atom stereocenters. The predicted octanol–water partition coefficient (Wildman–Crippen LogP) is 0.806. The summed E-state index contributed by atoms with van der Waals surface area (Å²) in [5, 5.41) is 0. The number of rotatable bonds is 4. The van der Waals surface area contributed by atoms with Crippen LogP contribution in [0.3, 0.4) is 0 Å². The number of carbonyl (C=O) groups is 1. The summed E-state index contributed by atoms with van der Waals surface area (Å²) in [7, 11) is 0. The molecule has 0 saturated carbocycles. The van der Waals surface area contributed by atoms with Crippen molar-refractivity contribution >= 4 is 5.91 Å². The molecule has 1 aliphatic heterocycles. The maximum absolute atomic E-state index is 10.8. The normalized spacial score (nSPS) is 14.8. The number of hydrogen-bond donors (Lipinski definition) is 1. The van der Waals surface area contributed by atoms with E-state index < -0.39 is 12.0 Å². The molecule has 1 amide bonds. The van der Waals surface area contributed by atoms with Gasteiger partial charge in [0.25, 0.3) is 0 Å². The lowest BCUT2D eigenvalue weighted by molar-refractivity contribution is -0.129. The minimum Gasteiger partial charge on any atom is -0.454 e. The second kappa shape index (κ2) is 4.40. The van der Waals surface area contributed by atoms with Gasteiger partial charge in [-0.2, -0.15) is 0 Å². The molecule has 16 heavy (non-hydrogen) atoms. The van der Waals surface area contributed by atoms with E-state index in [-0.39, 0.29) is 6.79 Å². The molecular formula is C11H13NO4. The summed E-state index contributed by atoms with van der Waals surface area (Å²) in [5.74, 6) is 0.959. The molecule has 1 aromatic carbocycles. The largest absolute Gasteiger partial charge is 0.454 e. The van der Waals surface area contributed by atoms with Gasteiger partial charge in [-0.15, -0.1) is 0 Å². The molecule has 5 heteroatoms. The monoisotopic (exact) mass is 223 g/mol. The van der Waals surface area contributed by atoms with Gasteiger partial charge in [0.15, 0.2) is 11.5 Å². The van der Waals surface area contributed by atoms with Gasteiger partial charge < -0.3 is 19.9 Å². The number of carbonyl (C=O) groups excluding carboxylic acids is 1. The first-order valence-corrected chi connectivity index (χ1v) is 4.96. The molecule has 1 aromatic rings. The summed E-state index contributed by atoms with van der Waals surface area (Å²) in [6, 6.07) is 5.51. The molecule has 0 saturated heterocycles. The van der Waals surface area contributed by atoms with Crippen molar-refractivity contribution in [2.45, 2.75) is 19.6 Å². The highest BCUT2D eigenvalue weighted by Gasteiger charge is 2.14. The van der Waals surface area contributed by atoms with Crippen LogP contribution in [0.5, 0.6) is 11.5 Å². The van der Waals surface area contributed by atoms with Gasteiger partial charge in [0.2, 0.25) is 12.7 Å². The minimum atomic E-state index is -0.592. The fourth-order valence-electron chi connectivity index (χ4n) is 1.33. The fraction of sp³-hybridized carbons (Fsp3) is 0.364. The molecule has 1 heterocycles. The lowest BCUT2D eigenvalue weighted by Crippen LogP contribution is -2.27. The number of fused-ring (bicyclic) bond motifs is 1. The van der Waals surface area contributed by atoms with Gasteiger partial charge >= 0.3 is 0 Å². The summed E-state index contributed by atoms with van der Waals surface area (Å²) in [5.41, 5.74) is 6.00. The van der Waals surface area contributed by atoms with Crippen molar-refractivity contribution in [3.63, 3.8) is 0 Å². The molecule has 1 aliphatic rings. The molecule has 0 radical (unpaired) electrons. The number of benzene rings is 1. The average Bonchev–Trinajstić information content (AvgIpc) is 2.72. The van der Waals surface area contributed by atoms with Gasteiger partial charge in [0, 0.05) is 0 Å². The molecule has 86 valence electrons. The van der Waals surface area contributed by atoms with Gasteiger partial charge in [-0.05, 0) is 24.6 Å². The van der Waals surface area contributed by atoms with E-state index in [4.69, 9.17) is 19.9 Å². The zero-order valence-electron chi connectivity index (χ0n) is 8.93. The van der Waals surface area contributed by atoms with Crippen LogP contribution in [0.25, 0.3) is 0 Å². The molecule has 1 atom stereocenters. The highest BCUT2D eigenvalue weighted by atomic mass is 16.7. The highest BCUT2D eigenvalue weighted by Crippen LogP contribution is 2.32. The SMILES string of the molecule is CC(OCc1ccc2c(c1)OCO2)C(N)=O. The van der Waals surface area contributed by atoms with E-state index in [0.717, 1.165) is 11.3 Å². The average molecular weight is 223 g/mol. The third kappa shape index (κ3) is 2.25. The number of primary amides is 1. The van der Waals surface area contributed by atoms with Gasteiger partial charge in [0.05, 0.1) is 6.61 Å². The van der Waals surface area contributed by atoms with E-state index in [2.05, 4.69) is 0 Å². The first-order chi connectivity index (χ1) is 7.66. The van der Waals surface area contributed by atoms with Crippen LogP contribution in [0, 0.1) is 0 Å². The van der Waals surface area contributed by atoms with Crippen LogP contribution in [0.1, 0.15) is 12.5 Å². The van der Waals surface area contributed by atoms with Crippen LogP contribution in [0.15, 0.2) is 18.2 Å². The highest BCUT2D eigenvalue weighted by molar-refractivity contribution is 5.78. The van der Waals surface area contributed by atoms with Crippen LogP contribution in [-0.4, -0.2) is 18.8 Å². The maximum atomic E-state index is 10.8. The topological polar surface area (TPSA) is 70.8 Å². The third-order valence-corrected chi connectivity index (χ3v) is 2.34. The van der Waals surface area contributed by atoms with Crippen LogP contribution in [-0.2, 0) is 16.1 Å². The number of ether oxygens (including phenoxy) is 3. The van der Waals surface area contributed by atoms with Crippen molar-refractivity contribution in [2.24, 2.45) is 5.73 Å². The fourth-order valence-corrected chi connectivity index (χ4v) is 1.33. The minimum absolute atomic E-state index is 0.247. The van der Waals surface area contributed by atoms with Gasteiger partial charge in [-0.25, -0.2) is 0 Å². The molecular weight excluding hydrogens is 210 g/mol. The first kappa shape index (κ1) is 10.8. The Morgan fingerprint density at radius 3 is 3.00 bits per heavy atom. The smallest absolute Gasteiger partial charge is 0.246 e. The van der Waals surface area contributed by atoms with Crippen molar-refractivity contribution in [3.8, 4) is 11.5 Å². The molecule has 0 bridgehead atoms. The summed E-state index contributed by atoms with van der Waals surface area (Å²) in [6.45, 7) is 2.19. The Bertz CT molecular complexity index is 405. The van der Waals surface area contributed by atoms with E-state index >= 15 is 0 Å². The van der Waals surface area contributed by atoms with Crippen LogP contribution < -0.4 is 15.2 Å². The second-order valence-electron chi connectivity index (χ2n) is 3.54. The summed E-state index contributed by atoms with van der Waals surface area (Å²) >= 11 is 0. The Morgan fingerprint density at radius 1 is 1.50 bits per heavy atom. The van der Waals surface area contributed by atoms with Crippen molar-refractivity contribution in [2.75, 3.05) is 6.79 Å². The standard InChI is InChI=1S/C11H13NO4/c1-7(11(12)13)14-5-8-2-3-9-10(4-8)16-6-15-9/h2-4,7H,5-6H2,1H3,(H2,12,13). The Morgan fingerprint density at radius 2 is 2.25 bits per heavy atom. The van der Waals surface area contributed by atoms with E-state index in [1.165, 1.54) is 0 Å². The van der Waals surface area contributed by atoms with E-state index in [9.17, 15) is 4.79 Å². The number of hydrogen-bond acceptors (Lipinski definition) is 4. The van der Waals surface area contributed by atoms with E-state index in [1.54, 1.807) is 6.92 Å². The zero-order chi connectivity index (χ0) is 11.5. The predicted molar refractivity (Wildman–Crippen MR) is 56.0 cm³/mol. The summed E-state index contributed by atoms with van der Waals surface area (Å²) in [6.07, 6.45) is -0.592. The maximum Gasteiger partial charge on any atom is 0.246 e. The number of amides is 1. The molecule has 5 nitrogen and oxygen atoms in total. The third-order valence-electron chi connectivity index (χ3n) is 2.34. The van der Waals surface area contributed by atoms with Crippen LogP contribution >= 0.6 is 0 Å². The van der Waals surface area contributed by atoms with E-state index in [1.807, 2.05) is 18.2 Å². The van der Waals surface area contributed by atoms with Gasteiger partial charge in [-0.1, -0.05) is 6.07 Å². The molecule has 0 aromatic heterocycles. The van der Waals surface area contributed by atoms with E-state index in [0.29, 0.717) is 12.4 Å². The zero-order valence-corrected chi connectivity index (χ0v) is 8.93. The lowest BCUT2D eigenvalue weighted by atomic mass is 10.2. The van der Waals surface area contributed by atoms with Crippen molar-refractivity contribution in [1.29, 1.82) is 0 Å². The molecule has 0 spiro atoms. The van der Waals surface area contributed by atoms with Gasteiger partial charge in [0.1, 0.15) is 6.10 Å². The lowest BCUT2D eigenvalue weighted by Gasteiger charge is -2.09. The van der Waals surface area contributed by atoms with Gasteiger partial charge in [-0.3, -0.25) is 4.79 Å².